The molecule has 0 amide bonds. The van der Waals surface area contributed by atoms with E-state index in [1.165, 1.54) is 12.1 Å². The van der Waals surface area contributed by atoms with Crippen LogP contribution in [0.4, 0.5) is 10.3 Å². The van der Waals surface area contributed by atoms with Gasteiger partial charge in [-0.15, -0.1) is 0 Å². The van der Waals surface area contributed by atoms with E-state index in [4.69, 9.17) is 0 Å². The number of nitrogens with one attached hydrogen (secondary N) is 1. The van der Waals surface area contributed by atoms with Gasteiger partial charge >= 0.3 is 0 Å². The molecule has 1 aromatic heterocycles. The van der Waals surface area contributed by atoms with Crippen LogP contribution in [0.3, 0.4) is 0 Å². The molecule has 5 nitrogen and oxygen atoms in total. The number of halogens is 1. The highest BCUT2D eigenvalue weighted by molar-refractivity contribution is 5.38. The van der Waals surface area contributed by atoms with Gasteiger partial charge in [0.2, 0.25) is 5.95 Å². The van der Waals surface area contributed by atoms with Crippen LogP contribution in [0, 0.1) is 5.82 Å². The molecule has 0 unspecified atom stereocenters. The Hall–Kier alpha value is -2.76. The average molecular weight is 269 g/mol. The molecule has 0 saturated carbocycles. The zero-order chi connectivity index (χ0) is 13.8. The van der Waals surface area contributed by atoms with Crippen molar-refractivity contribution in [2.24, 2.45) is 0 Å². The Kier molecular flexibility index (Phi) is 3.36. The van der Waals surface area contributed by atoms with Crippen molar-refractivity contribution in [2.75, 3.05) is 5.32 Å². The number of benzene rings is 2. The fourth-order valence-electron chi connectivity index (χ4n) is 1.87. The van der Waals surface area contributed by atoms with Crippen molar-refractivity contribution < 1.29 is 4.39 Å². The third-order valence-corrected chi connectivity index (χ3v) is 2.81. The summed E-state index contributed by atoms with van der Waals surface area (Å²) < 4.78 is 14.7. The van der Waals surface area contributed by atoms with Gasteiger partial charge in [0.25, 0.3) is 0 Å². The van der Waals surface area contributed by atoms with Crippen LogP contribution >= 0.6 is 0 Å². The lowest BCUT2D eigenvalue weighted by Crippen LogP contribution is -2.07. The van der Waals surface area contributed by atoms with Crippen molar-refractivity contribution in [2.45, 2.75) is 6.54 Å². The lowest BCUT2D eigenvalue weighted by molar-refractivity contribution is 0.626. The molecule has 3 aromatic rings. The number of aromatic nitrogens is 4. The summed E-state index contributed by atoms with van der Waals surface area (Å²) in [5, 5.41) is 14.6. The minimum atomic E-state index is -0.257. The maximum atomic E-state index is 13.1. The smallest absolute Gasteiger partial charge is 0.248 e. The van der Waals surface area contributed by atoms with Crippen LogP contribution < -0.4 is 5.32 Å². The Morgan fingerprint density at radius 2 is 1.90 bits per heavy atom. The Bertz CT molecular complexity index is 696. The maximum absolute atomic E-state index is 13.1. The molecule has 0 fully saturated rings. The number of nitrogens with zero attached hydrogens (tertiary/aromatic N) is 4. The van der Waals surface area contributed by atoms with Crippen molar-refractivity contribution >= 4 is 5.95 Å². The first-order valence-corrected chi connectivity index (χ1v) is 6.15. The quantitative estimate of drug-likeness (QED) is 0.790. The molecule has 100 valence electrons. The highest BCUT2D eigenvalue weighted by Crippen LogP contribution is 2.12. The molecule has 6 heteroatoms. The summed E-state index contributed by atoms with van der Waals surface area (Å²) in [4.78, 5) is 0. The zero-order valence-electron chi connectivity index (χ0n) is 10.6. The first-order chi connectivity index (χ1) is 9.83. The summed E-state index contributed by atoms with van der Waals surface area (Å²) in [5.41, 5.74) is 1.69. The summed E-state index contributed by atoms with van der Waals surface area (Å²) in [6.07, 6.45) is 0. The summed E-state index contributed by atoms with van der Waals surface area (Å²) in [6, 6.07) is 16.0. The van der Waals surface area contributed by atoms with Crippen molar-refractivity contribution in [3.63, 3.8) is 0 Å². The van der Waals surface area contributed by atoms with E-state index in [0.29, 0.717) is 12.5 Å². The summed E-state index contributed by atoms with van der Waals surface area (Å²) in [6.45, 7) is 0.449. The number of anilines is 1. The van der Waals surface area contributed by atoms with Gasteiger partial charge in [0.1, 0.15) is 5.82 Å². The van der Waals surface area contributed by atoms with Crippen LogP contribution in [0.2, 0.25) is 0 Å². The molecule has 2 aromatic carbocycles. The largest absolute Gasteiger partial charge is 0.349 e. The summed E-state index contributed by atoms with van der Waals surface area (Å²) >= 11 is 0. The van der Waals surface area contributed by atoms with E-state index in [2.05, 4.69) is 20.8 Å². The molecule has 0 aliphatic rings. The van der Waals surface area contributed by atoms with Gasteiger partial charge in [-0.1, -0.05) is 35.4 Å². The molecule has 0 spiro atoms. The fraction of sp³-hybridized carbons (Fsp3) is 0.0714. The van der Waals surface area contributed by atoms with Crippen LogP contribution in [-0.2, 0) is 6.54 Å². The molecule has 0 saturated heterocycles. The second-order valence-corrected chi connectivity index (χ2v) is 4.23. The molecule has 20 heavy (non-hydrogen) atoms. The van der Waals surface area contributed by atoms with Gasteiger partial charge in [-0.2, -0.15) is 4.68 Å². The predicted molar refractivity (Wildman–Crippen MR) is 72.9 cm³/mol. The second-order valence-electron chi connectivity index (χ2n) is 4.23. The standard InChI is InChI=1S/C14H12FN5/c15-12-6-4-5-11(9-12)10-16-14-17-18-19-20(14)13-7-2-1-3-8-13/h1-9H,10H2,(H,16,17,19). The van der Waals surface area contributed by atoms with E-state index in [1.54, 1.807) is 10.7 Å². The van der Waals surface area contributed by atoms with Gasteiger partial charge in [0, 0.05) is 6.54 Å². The molecule has 0 aliphatic carbocycles. The third kappa shape index (κ3) is 2.64. The van der Waals surface area contributed by atoms with E-state index in [-0.39, 0.29) is 5.82 Å². The molecule has 0 bridgehead atoms. The van der Waals surface area contributed by atoms with Gasteiger partial charge in [-0.25, -0.2) is 4.39 Å². The van der Waals surface area contributed by atoms with Gasteiger partial charge in [0.05, 0.1) is 5.69 Å². The summed E-state index contributed by atoms with van der Waals surface area (Å²) in [7, 11) is 0. The monoisotopic (exact) mass is 269 g/mol. The number of para-hydroxylation sites is 1. The van der Waals surface area contributed by atoms with Gasteiger partial charge in [-0.3, -0.25) is 0 Å². The Morgan fingerprint density at radius 3 is 2.70 bits per heavy atom. The van der Waals surface area contributed by atoms with Crippen molar-refractivity contribution in [3.05, 3.63) is 66.0 Å². The number of rotatable bonds is 4. The first kappa shape index (κ1) is 12.3. The molecular formula is C14H12FN5. The zero-order valence-corrected chi connectivity index (χ0v) is 10.6. The molecule has 1 N–H and O–H groups in total. The lowest BCUT2D eigenvalue weighted by atomic mass is 10.2. The van der Waals surface area contributed by atoms with Crippen molar-refractivity contribution in [1.29, 1.82) is 0 Å². The number of tetrazole rings is 1. The molecule has 0 aliphatic heterocycles. The molecular weight excluding hydrogens is 257 g/mol. The highest BCUT2D eigenvalue weighted by atomic mass is 19.1. The lowest BCUT2D eigenvalue weighted by Gasteiger charge is -2.07. The van der Waals surface area contributed by atoms with E-state index < -0.39 is 0 Å². The highest BCUT2D eigenvalue weighted by Gasteiger charge is 2.07. The van der Waals surface area contributed by atoms with Crippen LogP contribution in [-0.4, -0.2) is 20.2 Å². The van der Waals surface area contributed by atoms with Crippen LogP contribution in [0.15, 0.2) is 54.6 Å². The minimum absolute atomic E-state index is 0.257. The second kappa shape index (κ2) is 5.48. The molecule has 1 heterocycles. The van der Waals surface area contributed by atoms with Crippen molar-refractivity contribution in [3.8, 4) is 5.69 Å². The Morgan fingerprint density at radius 1 is 1.05 bits per heavy atom. The van der Waals surface area contributed by atoms with Gasteiger partial charge in [-0.05, 0) is 40.3 Å². The van der Waals surface area contributed by atoms with Crippen molar-refractivity contribution in [1.82, 2.24) is 20.2 Å². The van der Waals surface area contributed by atoms with Crippen LogP contribution in [0.1, 0.15) is 5.56 Å². The Balaban J connectivity index is 1.78. The number of hydrogen-bond donors (Lipinski definition) is 1. The predicted octanol–water partition coefficient (Wildman–Crippen LogP) is 2.41. The fourth-order valence-corrected chi connectivity index (χ4v) is 1.87. The molecule has 3 rings (SSSR count). The average Bonchev–Trinajstić information content (AvgIpc) is 2.95. The van der Waals surface area contributed by atoms with E-state index in [0.717, 1.165) is 11.3 Å². The summed E-state index contributed by atoms with van der Waals surface area (Å²) in [5.74, 6) is 0.257. The van der Waals surface area contributed by atoms with Crippen LogP contribution in [0.5, 0.6) is 0 Å². The SMILES string of the molecule is Fc1cccc(CNc2nnnn2-c2ccccc2)c1. The van der Waals surface area contributed by atoms with Gasteiger partial charge in [0.15, 0.2) is 0 Å². The van der Waals surface area contributed by atoms with Crippen LogP contribution in [0.25, 0.3) is 5.69 Å². The van der Waals surface area contributed by atoms with Gasteiger partial charge < -0.3 is 5.32 Å². The third-order valence-electron chi connectivity index (χ3n) is 2.81. The van der Waals surface area contributed by atoms with E-state index in [1.807, 2.05) is 36.4 Å². The van der Waals surface area contributed by atoms with E-state index >= 15 is 0 Å². The van der Waals surface area contributed by atoms with E-state index in [9.17, 15) is 4.39 Å². The maximum Gasteiger partial charge on any atom is 0.248 e. The number of hydrogen-bond acceptors (Lipinski definition) is 4. The topological polar surface area (TPSA) is 55.6 Å². The minimum Gasteiger partial charge on any atom is -0.349 e. The Labute approximate surface area is 115 Å². The first-order valence-electron chi connectivity index (χ1n) is 6.15. The normalized spacial score (nSPS) is 10.4. The molecule has 0 atom stereocenters. The molecule has 0 radical (unpaired) electrons.